The molecule has 2 N–H and O–H groups in total. The van der Waals surface area contributed by atoms with Crippen LogP contribution in [-0.2, 0) is 4.74 Å². The number of hydrogen-bond donors (Lipinski definition) is 2. The number of piperidine rings is 1. The van der Waals surface area contributed by atoms with Crippen LogP contribution in [0.15, 0.2) is 34.2 Å². The van der Waals surface area contributed by atoms with Gasteiger partial charge in [-0.15, -0.1) is 11.8 Å². The van der Waals surface area contributed by atoms with E-state index in [4.69, 9.17) is 4.74 Å². The molecule has 1 aromatic rings. The second kappa shape index (κ2) is 10.9. The van der Waals surface area contributed by atoms with Crippen molar-refractivity contribution in [3.63, 3.8) is 0 Å². The van der Waals surface area contributed by atoms with Gasteiger partial charge in [0, 0.05) is 56.5 Å². The summed E-state index contributed by atoms with van der Waals surface area (Å²) in [5.74, 6) is 2.20. The monoisotopic (exact) mass is 394 g/mol. The molecule has 27 heavy (non-hydrogen) atoms. The van der Waals surface area contributed by atoms with Crippen molar-refractivity contribution < 1.29 is 9.13 Å². The molecule has 1 aromatic carbocycles. The van der Waals surface area contributed by atoms with Crippen LogP contribution in [0.3, 0.4) is 0 Å². The number of hydrogen-bond acceptors (Lipinski definition) is 4. The first kappa shape index (κ1) is 20.4. The van der Waals surface area contributed by atoms with E-state index in [-0.39, 0.29) is 5.82 Å². The van der Waals surface area contributed by atoms with Crippen molar-refractivity contribution in [3.8, 4) is 0 Å². The number of ether oxygens (including phenoxy) is 1. The standard InChI is InChI=1S/C20H31FN4OS/c1-22-20(23-9-13-27-19-5-3-2-4-18(19)21)24-17-6-10-25(11-7-17)14-16-8-12-26-15-16/h2-5,16-17H,6-15H2,1H3,(H2,22,23,24). The minimum Gasteiger partial charge on any atom is -0.381 e. The molecule has 0 amide bonds. The summed E-state index contributed by atoms with van der Waals surface area (Å²) in [5, 5.41) is 6.88. The molecular formula is C20H31FN4OS. The lowest BCUT2D eigenvalue weighted by Gasteiger charge is -2.34. The number of nitrogens with zero attached hydrogens (tertiary/aromatic N) is 2. The van der Waals surface area contributed by atoms with E-state index in [2.05, 4.69) is 20.5 Å². The van der Waals surface area contributed by atoms with Gasteiger partial charge in [-0.3, -0.25) is 4.99 Å². The Labute approximate surface area is 166 Å². The van der Waals surface area contributed by atoms with Gasteiger partial charge in [0.1, 0.15) is 5.82 Å². The smallest absolute Gasteiger partial charge is 0.191 e. The fourth-order valence-corrected chi connectivity index (χ4v) is 4.44. The molecule has 2 aliphatic rings. The van der Waals surface area contributed by atoms with Crippen LogP contribution in [-0.4, -0.2) is 69.1 Å². The normalized spacial score (nSPS) is 22.1. The van der Waals surface area contributed by atoms with Gasteiger partial charge in [0.2, 0.25) is 0 Å². The summed E-state index contributed by atoms with van der Waals surface area (Å²) >= 11 is 1.52. The van der Waals surface area contributed by atoms with Crippen LogP contribution in [0, 0.1) is 11.7 Å². The molecule has 3 rings (SSSR count). The molecule has 2 aliphatic heterocycles. The average Bonchev–Trinajstić information content (AvgIpc) is 3.20. The van der Waals surface area contributed by atoms with Gasteiger partial charge in [-0.25, -0.2) is 4.39 Å². The SMILES string of the molecule is CN=C(NCCSc1ccccc1F)NC1CCN(CC2CCOC2)CC1. The molecule has 0 aromatic heterocycles. The van der Waals surface area contributed by atoms with Gasteiger partial charge in [0.05, 0.1) is 6.61 Å². The fourth-order valence-electron chi connectivity index (χ4n) is 3.63. The van der Waals surface area contributed by atoms with E-state index in [0.29, 0.717) is 10.9 Å². The first-order chi connectivity index (χ1) is 13.2. The minimum absolute atomic E-state index is 0.152. The summed E-state index contributed by atoms with van der Waals surface area (Å²) < 4.78 is 19.1. The van der Waals surface area contributed by atoms with E-state index in [9.17, 15) is 4.39 Å². The molecule has 0 aliphatic carbocycles. The highest BCUT2D eigenvalue weighted by Crippen LogP contribution is 2.20. The van der Waals surface area contributed by atoms with Gasteiger partial charge in [0.25, 0.3) is 0 Å². The third-order valence-corrected chi connectivity index (χ3v) is 6.23. The van der Waals surface area contributed by atoms with Crippen LogP contribution in [0.4, 0.5) is 4.39 Å². The quantitative estimate of drug-likeness (QED) is 0.322. The molecule has 5 nitrogen and oxygen atoms in total. The van der Waals surface area contributed by atoms with Crippen molar-refractivity contribution in [3.05, 3.63) is 30.1 Å². The number of likely N-dealkylation sites (tertiary alicyclic amines) is 1. The molecule has 0 saturated carbocycles. The average molecular weight is 395 g/mol. The van der Waals surface area contributed by atoms with Gasteiger partial charge in [-0.1, -0.05) is 12.1 Å². The number of halogens is 1. The van der Waals surface area contributed by atoms with E-state index >= 15 is 0 Å². The Kier molecular flexibility index (Phi) is 8.23. The lowest BCUT2D eigenvalue weighted by atomic mass is 10.0. The maximum atomic E-state index is 13.6. The Balaban J connectivity index is 1.31. The van der Waals surface area contributed by atoms with Crippen LogP contribution >= 0.6 is 11.8 Å². The third kappa shape index (κ3) is 6.66. The molecule has 7 heteroatoms. The Morgan fingerprint density at radius 1 is 1.30 bits per heavy atom. The second-order valence-corrected chi connectivity index (χ2v) is 8.36. The molecule has 1 unspecified atom stereocenters. The van der Waals surface area contributed by atoms with Crippen molar-refractivity contribution in [2.45, 2.75) is 30.2 Å². The van der Waals surface area contributed by atoms with Crippen molar-refractivity contribution in [2.75, 3.05) is 52.2 Å². The molecule has 2 fully saturated rings. The summed E-state index contributed by atoms with van der Waals surface area (Å²) in [7, 11) is 1.80. The number of aliphatic imine (C=N–C) groups is 1. The molecule has 150 valence electrons. The lowest BCUT2D eigenvalue weighted by Crippen LogP contribution is -2.49. The zero-order valence-electron chi connectivity index (χ0n) is 16.1. The van der Waals surface area contributed by atoms with Crippen molar-refractivity contribution in [2.24, 2.45) is 10.9 Å². The fraction of sp³-hybridized carbons (Fsp3) is 0.650. The van der Waals surface area contributed by atoms with Crippen LogP contribution in [0.2, 0.25) is 0 Å². The van der Waals surface area contributed by atoms with Crippen LogP contribution in [0.5, 0.6) is 0 Å². The predicted octanol–water partition coefficient (Wildman–Crippen LogP) is 2.58. The maximum Gasteiger partial charge on any atom is 0.191 e. The molecule has 2 saturated heterocycles. The van der Waals surface area contributed by atoms with Crippen molar-refractivity contribution >= 4 is 17.7 Å². The largest absolute Gasteiger partial charge is 0.381 e. The first-order valence-corrected chi connectivity index (χ1v) is 10.9. The number of guanidine groups is 1. The zero-order chi connectivity index (χ0) is 18.9. The summed E-state index contributed by atoms with van der Waals surface area (Å²) in [6, 6.07) is 7.37. The third-order valence-electron chi connectivity index (χ3n) is 5.18. The summed E-state index contributed by atoms with van der Waals surface area (Å²) in [6.45, 7) is 6.05. The van der Waals surface area contributed by atoms with Crippen molar-refractivity contribution in [1.82, 2.24) is 15.5 Å². The number of rotatable bonds is 7. The summed E-state index contributed by atoms with van der Waals surface area (Å²) in [4.78, 5) is 7.59. The highest BCUT2D eigenvalue weighted by atomic mass is 32.2. The topological polar surface area (TPSA) is 48.9 Å². The molecule has 0 spiro atoms. The van der Waals surface area contributed by atoms with Crippen LogP contribution in [0.25, 0.3) is 0 Å². The highest BCUT2D eigenvalue weighted by molar-refractivity contribution is 7.99. The van der Waals surface area contributed by atoms with Crippen LogP contribution in [0.1, 0.15) is 19.3 Å². The van der Waals surface area contributed by atoms with Gasteiger partial charge >= 0.3 is 0 Å². The van der Waals surface area contributed by atoms with Crippen LogP contribution < -0.4 is 10.6 Å². The summed E-state index contributed by atoms with van der Waals surface area (Å²) in [5.41, 5.74) is 0. The molecule has 0 radical (unpaired) electrons. The number of benzene rings is 1. The molecule has 1 atom stereocenters. The van der Waals surface area contributed by atoms with E-state index in [0.717, 1.165) is 63.3 Å². The van der Waals surface area contributed by atoms with Gasteiger partial charge in [-0.2, -0.15) is 0 Å². The Morgan fingerprint density at radius 2 is 2.11 bits per heavy atom. The highest BCUT2D eigenvalue weighted by Gasteiger charge is 2.24. The van der Waals surface area contributed by atoms with E-state index in [1.807, 2.05) is 12.1 Å². The van der Waals surface area contributed by atoms with Gasteiger partial charge in [-0.05, 0) is 37.3 Å². The van der Waals surface area contributed by atoms with E-state index in [1.165, 1.54) is 30.8 Å². The van der Waals surface area contributed by atoms with E-state index < -0.39 is 0 Å². The van der Waals surface area contributed by atoms with Gasteiger partial charge < -0.3 is 20.3 Å². The Bertz CT molecular complexity index is 601. The molecular weight excluding hydrogens is 363 g/mol. The Morgan fingerprint density at radius 3 is 2.81 bits per heavy atom. The lowest BCUT2D eigenvalue weighted by molar-refractivity contribution is 0.150. The maximum absolute atomic E-state index is 13.6. The minimum atomic E-state index is -0.152. The number of thioether (sulfide) groups is 1. The molecule has 2 heterocycles. The predicted molar refractivity (Wildman–Crippen MR) is 110 cm³/mol. The van der Waals surface area contributed by atoms with E-state index in [1.54, 1.807) is 13.1 Å². The van der Waals surface area contributed by atoms with Crippen molar-refractivity contribution in [1.29, 1.82) is 0 Å². The zero-order valence-corrected chi connectivity index (χ0v) is 16.9. The first-order valence-electron chi connectivity index (χ1n) is 9.89. The number of nitrogens with one attached hydrogen (secondary N) is 2. The second-order valence-electron chi connectivity index (χ2n) is 7.23. The Hall–Kier alpha value is -1.31. The van der Waals surface area contributed by atoms with Gasteiger partial charge in [0.15, 0.2) is 5.96 Å². The molecule has 0 bridgehead atoms. The summed E-state index contributed by atoms with van der Waals surface area (Å²) in [6.07, 6.45) is 3.48.